The fourth-order valence-electron chi connectivity index (χ4n) is 2.09. The molecule has 110 valence electrons. The minimum atomic E-state index is -0.994. The summed E-state index contributed by atoms with van der Waals surface area (Å²) in [4.78, 5) is 24.4. The van der Waals surface area contributed by atoms with Gasteiger partial charge in [0, 0.05) is 12.7 Å². The second-order valence-corrected chi connectivity index (χ2v) is 4.71. The van der Waals surface area contributed by atoms with Crippen molar-refractivity contribution in [2.45, 2.75) is 39.2 Å². The zero-order valence-corrected chi connectivity index (χ0v) is 12.2. The van der Waals surface area contributed by atoms with Gasteiger partial charge in [-0.3, -0.25) is 0 Å². The van der Waals surface area contributed by atoms with E-state index in [4.69, 9.17) is 5.11 Å². The average molecular weight is 278 g/mol. The number of carbonyl (C=O) groups is 2. The van der Waals surface area contributed by atoms with Crippen molar-refractivity contribution in [2.75, 3.05) is 12.4 Å². The fraction of sp³-hybridized carbons (Fsp3) is 0.467. The molecule has 0 spiro atoms. The lowest BCUT2D eigenvalue weighted by Gasteiger charge is -2.24. The van der Waals surface area contributed by atoms with E-state index in [1.807, 2.05) is 24.3 Å². The number of nitrogens with one attached hydrogen (secondary N) is 1. The predicted octanol–water partition coefficient (Wildman–Crippen LogP) is 2.97. The maximum Gasteiger partial charge on any atom is 0.326 e. The highest BCUT2D eigenvalue weighted by Gasteiger charge is 2.24. The fourth-order valence-corrected chi connectivity index (χ4v) is 2.09. The number of benzene rings is 1. The van der Waals surface area contributed by atoms with Crippen molar-refractivity contribution in [1.82, 2.24) is 4.90 Å². The third-order valence-electron chi connectivity index (χ3n) is 3.24. The van der Waals surface area contributed by atoms with Gasteiger partial charge in [0.25, 0.3) is 0 Å². The van der Waals surface area contributed by atoms with E-state index in [-0.39, 0.29) is 0 Å². The number of carbonyl (C=O) groups excluding carboxylic acids is 1. The van der Waals surface area contributed by atoms with Crippen molar-refractivity contribution in [1.29, 1.82) is 0 Å². The molecule has 5 nitrogen and oxygen atoms in total. The van der Waals surface area contributed by atoms with Gasteiger partial charge in [0.05, 0.1) is 0 Å². The Kier molecular flexibility index (Phi) is 6.03. The van der Waals surface area contributed by atoms with Crippen LogP contribution in [0.25, 0.3) is 0 Å². The Balaban J connectivity index is 2.82. The molecule has 0 saturated heterocycles. The molecule has 0 aliphatic heterocycles. The van der Waals surface area contributed by atoms with Crippen molar-refractivity contribution in [2.24, 2.45) is 0 Å². The Hall–Kier alpha value is -2.04. The Bertz CT molecular complexity index is 474. The van der Waals surface area contributed by atoms with Crippen LogP contribution in [0.4, 0.5) is 10.5 Å². The number of carboxylic acids is 1. The van der Waals surface area contributed by atoms with E-state index >= 15 is 0 Å². The number of likely N-dealkylation sites (N-methyl/N-ethyl adjacent to an activating group) is 1. The van der Waals surface area contributed by atoms with Gasteiger partial charge in [-0.15, -0.1) is 0 Å². The summed E-state index contributed by atoms with van der Waals surface area (Å²) >= 11 is 0. The number of aliphatic carboxylic acids is 1. The summed E-state index contributed by atoms with van der Waals surface area (Å²) in [6.45, 7) is 3.82. The number of anilines is 1. The van der Waals surface area contributed by atoms with E-state index in [0.29, 0.717) is 6.42 Å². The van der Waals surface area contributed by atoms with E-state index < -0.39 is 18.0 Å². The van der Waals surface area contributed by atoms with Gasteiger partial charge in [-0.05, 0) is 24.5 Å². The maximum absolute atomic E-state index is 12.1. The van der Waals surface area contributed by atoms with Crippen LogP contribution in [0.3, 0.4) is 0 Å². The first-order valence-corrected chi connectivity index (χ1v) is 6.85. The molecule has 0 saturated carbocycles. The number of rotatable bonds is 6. The molecule has 0 aromatic heterocycles. The average Bonchev–Trinajstić information content (AvgIpc) is 2.41. The third kappa shape index (κ3) is 3.98. The van der Waals surface area contributed by atoms with Crippen LogP contribution in [0, 0.1) is 0 Å². The molecule has 0 radical (unpaired) electrons. The second kappa shape index (κ2) is 7.53. The number of amides is 2. The quantitative estimate of drug-likeness (QED) is 0.840. The molecular weight excluding hydrogens is 256 g/mol. The molecule has 20 heavy (non-hydrogen) atoms. The van der Waals surface area contributed by atoms with Gasteiger partial charge in [-0.25, -0.2) is 9.59 Å². The molecule has 1 unspecified atom stereocenters. The number of carboxylic acid groups (broad SMARTS) is 1. The van der Waals surface area contributed by atoms with Crippen molar-refractivity contribution in [3.63, 3.8) is 0 Å². The Morgan fingerprint density at radius 3 is 2.50 bits per heavy atom. The monoisotopic (exact) mass is 278 g/mol. The highest BCUT2D eigenvalue weighted by atomic mass is 16.4. The topological polar surface area (TPSA) is 69.6 Å². The molecule has 1 atom stereocenters. The van der Waals surface area contributed by atoms with E-state index in [2.05, 4.69) is 12.2 Å². The van der Waals surface area contributed by atoms with Crippen LogP contribution in [0.15, 0.2) is 24.3 Å². The van der Waals surface area contributed by atoms with Gasteiger partial charge in [-0.2, -0.15) is 0 Å². The maximum atomic E-state index is 12.1. The minimum absolute atomic E-state index is 0.371. The van der Waals surface area contributed by atoms with Gasteiger partial charge in [0.2, 0.25) is 0 Å². The summed E-state index contributed by atoms with van der Waals surface area (Å²) in [6.07, 6.45) is 2.22. The molecule has 2 amide bonds. The number of urea groups is 1. The van der Waals surface area contributed by atoms with Crippen LogP contribution in [0.2, 0.25) is 0 Å². The molecule has 0 aliphatic carbocycles. The minimum Gasteiger partial charge on any atom is -0.480 e. The lowest BCUT2D eigenvalue weighted by molar-refractivity contribution is -0.141. The number of nitrogens with zero attached hydrogens (tertiary/aromatic N) is 1. The highest BCUT2D eigenvalue weighted by molar-refractivity contribution is 5.92. The normalized spacial score (nSPS) is 11.8. The highest BCUT2D eigenvalue weighted by Crippen LogP contribution is 2.17. The zero-order valence-electron chi connectivity index (χ0n) is 12.2. The van der Waals surface area contributed by atoms with Crippen LogP contribution in [0.5, 0.6) is 0 Å². The number of para-hydroxylation sites is 1. The predicted molar refractivity (Wildman–Crippen MR) is 78.9 cm³/mol. The zero-order chi connectivity index (χ0) is 15.1. The lowest BCUT2D eigenvalue weighted by atomic mass is 10.1. The molecule has 2 N–H and O–H groups in total. The van der Waals surface area contributed by atoms with Gasteiger partial charge in [0.1, 0.15) is 6.04 Å². The van der Waals surface area contributed by atoms with Crippen LogP contribution in [-0.2, 0) is 11.2 Å². The van der Waals surface area contributed by atoms with Crippen LogP contribution in [-0.4, -0.2) is 35.1 Å². The van der Waals surface area contributed by atoms with Gasteiger partial charge >= 0.3 is 12.0 Å². The summed E-state index contributed by atoms with van der Waals surface area (Å²) < 4.78 is 0. The lowest BCUT2D eigenvalue weighted by Crippen LogP contribution is -2.44. The Morgan fingerprint density at radius 2 is 1.95 bits per heavy atom. The number of aryl methyl sites for hydroxylation is 1. The van der Waals surface area contributed by atoms with Crippen molar-refractivity contribution < 1.29 is 14.7 Å². The first kappa shape index (κ1) is 16.0. The summed E-state index contributed by atoms with van der Waals surface area (Å²) in [7, 11) is 1.50. The van der Waals surface area contributed by atoms with Crippen molar-refractivity contribution in [3.8, 4) is 0 Å². The molecule has 0 bridgehead atoms. The SMILES string of the molecule is CCCc1ccccc1NC(=O)N(C)C(CC)C(=O)O. The Labute approximate surface area is 119 Å². The first-order valence-electron chi connectivity index (χ1n) is 6.85. The summed E-state index contributed by atoms with van der Waals surface area (Å²) in [5, 5.41) is 11.9. The largest absolute Gasteiger partial charge is 0.480 e. The van der Waals surface area contributed by atoms with Gasteiger partial charge in [0.15, 0.2) is 0 Å². The van der Waals surface area contributed by atoms with Gasteiger partial charge in [-0.1, -0.05) is 38.5 Å². The third-order valence-corrected chi connectivity index (χ3v) is 3.24. The molecule has 0 fully saturated rings. The first-order chi connectivity index (χ1) is 9.51. The van der Waals surface area contributed by atoms with Crippen molar-refractivity contribution in [3.05, 3.63) is 29.8 Å². The molecule has 1 rings (SSSR count). The van der Waals surface area contributed by atoms with Gasteiger partial charge < -0.3 is 15.3 Å². The van der Waals surface area contributed by atoms with E-state index in [1.165, 1.54) is 11.9 Å². The van der Waals surface area contributed by atoms with Crippen LogP contribution < -0.4 is 5.32 Å². The molecule has 1 aromatic carbocycles. The summed E-state index contributed by atoms with van der Waals surface area (Å²) in [5.41, 5.74) is 1.80. The molecule has 0 aliphatic rings. The van der Waals surface area contributed by atoms with E-state index in [1.54, 1.807) is 6.92 Å². The molecule has 0 heterocycles. The van der Waals surface area contributed by atoms with Crippen LogP contribution in [0.1, 0.15) is 32.3 Å². The standard InChI is InChI=1S/C15H22N2O3/c1-4-8-11-9-6-7-10-12(11)16-15(20)17(3)13(5-2)14(18)19/h6-7,9-10,13H,4-5,8H2,1-3H3,(H,16,20)(H,18,19). The summed E-state index contributed by atoms with van der Waals surface area (Å²) in [6, 6.07) is 6.36. The van der Waals surface area contributed by atoms with Crippen molar-refractivity contribution >= 4 is 17.7 Å². The molecular formula is C15H22N2O3. The molecule has 1 aromatic rings. The number of hydrogen-bond acceptors (Lipinski definition) is 2. The smallest absolute Gasteiger partial charge is 0.326 e. The summed E-state index contributed by atoms with van der Waals surface area (Å²) in [5.74, 6) is -0.994. The second-order valence-electron chi connectivity index (χ2n) is 4.71. The molecule has 5 heteroatoms. The van der Waals surface area contributed by atoms with E-state index in [0.717, 1.165) is 24.1 Å². The van der Waals surface area contributed by atoms with Crippen LogP contribution >= 0.6 is 0 Å². The number of hydrogen-bond donors (Lipinski definition) is 2. The Morgan fingerprint density at radius 1 is 1.30 bits per heavy atom. The van der Waals surface area contributed by atoms with E-state index in [9.17, 15) is 9.59 Å².